The number of nitrogens with one attached hydrogen (secondary N) is 1. The van der Waals surface area contributed by atoms with E-state index in [-0.39, 0.29) is 12.5 Å². The van der Waals surface area contributed by atoms with Crippen LogP contribution in [0, 0.1) is 17.5 Å². The van der Waals surface area contributed by atoms with Crippen molar-refractivity contribution in [2.75, 3.05) is 6.54 Å². The lowest BCUT2D eigenvalue weighted by molar-refractivity contribution is -0.118. The third kappa shape index (κ3) is 4.75. The molecule has 0 spiro atoms. The van der Waals surface area contributed by atoms with Gasteiger partial charge >= 0.3 is 0 Å². The van der Waals surface area contributed by atoms with Crippen molar-refractivity contribution < 1.29 is 18.0 Å². The number of carbonyl (C=O) groups excluding carboxylic acids is 1. The average Bonchev–Trinajstić information content (AvgIpc) is 2.30. The van der Waals surface area contributed by atoms with Gasteiger partial charge in [0.25, 0.3) is 0 Å². The van der Waals surface area contributed by atoms with E-state index in [1.54, 1.807) is 0 Å². The molecule has 0 aliphatic heterocycles. The highest BCUT2D eigenvalue weighted by atomic mass is 19.2. The molecule has 0 saturated heterocycles. The fourth-order valence-electron chi connectivity index (χ4n) is 1.49. The van der Waals surface area contributed by atoms with Gasteiger partial charge in [0.1, 0.15) is 0 Å². The maximum absolute atomic E-state index is 12.9. The van der Waals surface area contributed by atoms with Crippen molar-refractivity contribution >= 4 is 5.91 Å². The van der Waals surface area contributed by atoms with E-state index in [9.17, 15) is 18.0 Å². The van der Waals surface area contributed by atoms with Crippen LogP contribution in [-0.4, -0.2) is 12.5 Å². The van der Waals surface area contributed by atoms with Gasteiger partial charge in [0.05, 0.1) is 0 Å². The maximum Gasteiger partial charge on any atom is 0.217 e. The van der Waals surface area contributed by atoms with Crippen molar-refractivity contribution in [3.63, 3.8) is 0 Å². The van der Waals surface area contributed by atoms with Gasteiger partial charge in [-0.15, -0.1) is 0 Å². The van der Waals surface area contributed by atoms with Crippen LogP contribution in [0.15, 0.2) is 12.1 Å². The highest BCUT2D eigenvalue weighted by Crippen LogP contribution is 2.13. The van der Waals surface area contributed by atoms with Crippen LogP contribution in [0.1, 0.15) is 24.8 Å². The quantitative estimate of drug-likeness (QED) is 0.580. The second-order valence-corrected chi connectivity index (χ2v) is 3.97. The third-order valence-corrected chi connectivity index (χ3v) is 2.40. The first-order chi connectivity index (χ1) is 8.50. The summed E-state index contributed by atoms with van der Waals surface area (Å²) in [5.41, 5.74) is 5.30. The third-order valence-electron chi connectivity index (χ3n) is 2.40. The molecule has 0 bridgehead atoms. The number of nitrogens with two attached hydrogens (primary N) is 1. The van der Waals surface area contributed by atoms with Gasteiger partial charge in [-0.1, -0.05) is 0 Å². The van der Waals surface area contributed by atoms with Crippen LogP contribution in [0.4, 0.5) is 13.2 Å². The first kappa shape index (κ1) is 14.5. The number of amides is 1. The zero-order chi connectivity index (χ0) is 13.5. The van der Waals surface area contributed by atoms with Gasteiger partial charge in [-0.3, -0.25) is 4.79 Å². The molecule has 0 unspecified atom stereocenters. The van der Waals surface area contributed by atoms with E-state index in [1.165, 1.54) is 0 Å². The number of carbonyl (C=O) groups is 1. The van der Waals surface area contributed by atoms with E-state index >= 15 is 0 Å². The van der Waals surface area contributed by atoms with Gasteiger partial charge < -0.3 is 11.1 Å². The number of rotatable bonds is 7. The Bertz CT molecular complexity index is 401. The molecule has 0 atom stereocenters. The van der Waals surface area contributed by atoms with Crippen LogP contribution in [0.3, 0.4) is 0 Å². The van der Waals surface area contributed by atoms with Crippen molar-refractivity contribution in [2.45, 2.75) is 25.8 Å². The molecule has 1 amide bonds. The molecule has 0 fully saturated rings. The second-order valence-electron chi connectivity index (χ2n) is 3.97. The summed E-state index contributed by atoms with van der Waals surface area (Å²) in [7, 11) is 0. The summed E-state index contributed by atoms with van der Waals surface area (Å²) in [5.74, 6) is -4.20. The van der Waals surface area contributed by atoms with Crippen LogP contribution >= 0.6 is 0 Å². The second kappa shape index (κ2) is 7.00. The number of primary amides is 1. The molecule has 3 N–H and O–H groups in total. The highest BCUT2D eigenvalue weighted by molar-refractivity contribution is 5.73. The van der Waals surface area contributed by atoms with Crippen LogP contribution < -0.4 is 11.1 Å². The van der Waals surface area contributed by atoms with Gasteiger partial charge in [0, 0.05) is 13.0 Å². The monoisotopic (exact) mass is 260 g/mol. The summed E-state index contributed by atoms with van der Waals surface area (Å²) in [6, 6.07) is 1.91. The predicted molar refractivity (Wildman–Crippen MR) is 61.1 cm³/mol. The summed E-state index contributed by atoms with van der Waals surface area (Å²) < 4.78 is 38.4. The Hall–Kier alpha value is -1.56. The van der Waals surface area contributed by atoms with Gasteiger partial charge in [-0.2, -0.15) is 0 Å². The maximum atomic E-state index is 12.9. The Morgan fingerprint density at radius 3 is 2.33 bits per heavy atom. The normalized spacial score (nSPS) is 10.6. The Labute approximate surface area is 103 Å². The lowest BCUT2D eigenvalue weighted by Crippen LogP contribution is -2.16. The van der Waals surface area contributed by atoms with E-state index < -0.39 is 17.5 Å². The molecule has 100 valence electrons. The van der Waals surface area contributed by atoms with Gasteiger partial charge in [-0.25, -0.2) is 13.2 Å². The molecule has 1 aromatic rings. The van der Waals surface area contributed by atoms with Crippen molar-refractivity contribution in [3.8, 4) is 0 Å². The summed E-state index contributed by atoms with van der Waals surface area (Å²) in [4.78, 5) is 10.4. The molecule has 0 radical (unpaired) electrons. The molecule has 1 rings (SSSR count). The van der Waals surface area contributed by atoms with E-state index in [4.69, 9.17) is 5.73 Å². The molecule has 18 heavy (non-hydrogen) atoms. The van der Waals surface area contributed by atoms with Crippen LogP contribution in [0.25, 0.3) is 0 Å². The van der Waals surface area contributed by atoms with Crippen LogP contribution in [-0.2, 0) is 11.3 Å². The predicted octanol–water partition coefficient (Wildman–Crippen LogP) is 1.85. The summed E-state index contributed by atoms with van der Waals surface area (Å²) >= 11 is 0. The van der Waals surface area contributed by atoms with Crippen LogP contribution in [0.5, 0.6) is 0 Å². The van der Waals surface area contributed by atoms with E-state index in [0.29, 0.717) is 24.9 Å². The molecule has 6 heteroatoms. The van der Waals surface area contributed by atoms with Crippen LogP contribution in [0.2, 0.25) is 0 Å². The largest absolute Gasteiger partial charge is 0.370 e. The van der Waals surface area contributed by atoms with E-state index in [2.05, 4.69) is 5.32 Å². The minimum absolute atomic E-state index is 0.241. The minimum atomic E-state index is -1.46. The van der Waals surface area contributed by atoms with E-state index in [1.807, 2.05) is 0 Å². The molecule has 1 aromatic carbocycles. The number of hydrogen-bond donors (Lipinski definition) is 2. The fourth-order valence-corrected chi connectivity index (χ4v) is 1.49. The number of halogens is 3. The van der Waals surface area contributed by atoms with E-state index in [0.717, 1.165) is 18.6 Å². The topological polar surface area (TPSA) is 55.1 Å². The summed E-state index contributed by atoms with van der Waals surface area (Å²) in [6.07, 6.45) is 1.71. The smallest absolute Gasteiger partial charge is 0.217 e. The Morgan fingerprint density at radius 1 is 1.17 bits per heavy atom. The van der Waals surface area contributed by atoms with Gasteiger partial charge in [0.2, 0.25) is 5.91 Å². The van der Waals surface area contributed by atoms with Crippen molar-refractivity contribution in [1.29, 1.82) is 0 Å². The molecule has 0 aliphatic rings. The Morgan fingerprint density at radius 2 is 1.78 bits per heavy atom. The molecule has 0 aliphatic carbocycles. The molecular weight excluding hydrogens is 245 g/mol. The first-order valence-electron chi connectivity index (χ1n) is 5.63. The molecular formula is C12H15F3N2O. The summed E-state index contributed by atoms with van der Waals surface area (Å²) in [6.45, 7) is 0.832. The molecule has 0 saturated carbocycles. The molecule has 3 nitrogen and oxygen atoms in total. The van der Waals surface area contributed by atoms with Crippen molar-refractivity contribution in [2.24, 2.45) is 5.73 Å². The summed E-state index contributed by atoms with van der Waals surface area (Å²) in [5, 5.41) is 2.94. The number of hydrogen-bond acceptors (Lipinski definition) is 2. The standard InChI is InChI=1S/C12H15F3N2O/c13-9-5-8(6-10(14)12(9)15)7-17-4-2-1-3-11(16)18/h5-6,17H,1-4,7H2,(H2,16,18). The fraction of sp³-hybridized carbons (Fsp3) is 0.417. The molecule has 0 heterocycles. The van der Waals surface area contributed by atoms with Crippen molar-refractivity contribution in [1.82, 2.24) is 5.32 Å². The SMILES string of the molecule is NC(=O)CCCCNCc1cc(F)c(F)c(F)c1. The Balaban J connectivity index is 2.29. The highest BCUT2D eigenvalue weighted by Gasteiger charge is 2.09. The van der Waals surface area contributed by atoms with Gasteiger partial charge in [-0.05, 0) is 37.1 Å². The van der Waals surface area contributed by atoms with Gasteiger partial charge in [0.15, 0.2) is 17.5 Å². The first-order valence-corrected chi connectivity index (χ1v) is 5.63. The van der Waals surface area contributed by atoms with Crippen molar-refractivity contribution in [3.05, 3.63) is 35.1 Å². The zero-order valence-corrected chi connectivity index (χ0v) is 9.81. The lowest BCUT2D eigenvalue weighted by Gasteiger charge is -2.05. The molecule has 0 aromatic heterocycles. The Kier molecular flexibility index (Phi) is 5.64. The zero-order valence-electron chi connectivity index (χ0n) is 9.81. The minimum Gasteiger partial charge on any atom is -0.370 e. The lowest BCUT2D eigenvalue weighted by atomic mass is 10.2. The average molecular weight is 260 g/mol. The number of benzene rings is 1. The number of unbranched alkanes of at least 4 members (excludes halogenated alkanes) is 1.